The highest BCUT2D eigenvalue weighted by atomic mass is 79.9. The molecule has 2 heterocycles. The Kier molecular flexibility index (Phi) is 4.01. The van der Waals surface area contributed by atoms with Gasteiger partial charge in [-0.25, -0.2) is 0 Å². The summed E-state index contributed by atoms with van der Waals surface area (Å²) >= 11 is 3.38. The van der Waals surface area contributed by atoms with E-state index in [1.165, 1.54) is 0 Å². The maximum absolute atomic E-state index is 12.5. The van der Waals surface area contributed by atoms with E-state index in [0.717, 1.165) is 15.4 Å². The molecule has 1 aliphatic heterocycles. The van der Waals surface area contributed by atoms with Gasteiger partial charge in [-0.1, -0.05) is 34.1 Å². The van der Waals surface area contributed by atoms with Crippen LogP contribution in [0.3, 0.4) is 0 Å². The van der Waals surface area contributed by atoms with Gasteiger partial charge in [-0.15, -0.1) is 0 Å². The number of carbonyl (C=O) groups excluding carboxylic acids is 2. The van der Waals surface area contributed by atoms with Crippen LogP contribution in [-0.2, 0) is 9.59 Å². The van der Waals surface area contributed by atoms with Gasteiger partial charge in [-0.2, -0.15) is 5.10 Å². The second-order valence-corrected chi connectivity index (χ2v) is 6.91. The minimum Gasteiger partial charge on any atom is -0.326 e. The van der Waals surface area contributed by atoms with Crippen molar-refractivity contribution in [2.75, 3.05) is 16.8 Å². The Hall–Kier alpha value is -2.67. The van der Waals surface area contributed by atoms with Gasteiger partial charge in [0.2, 0.25) is 11.8 Å². The van der Waals surface area contributed by atoms with Crippen molar-refractivity contribution >= 4 is 50.2 Å². The van der Waals surface area contributed by atoms with E-state index in [0.29, 0.717) is 18.1 Å². The Morgan fingerprint density at radius 1 is 1.24 bits per heavy atom. The van der Waals surface area contributed by atoms with Crippen LogP contribution in [0.25, 0.3) is 10.9 Å². The average molecular weight is 399 g/mol. The Bertz CT molecular complexity index is 968. The predicted molar refractivity (Wildman–Crippen MR) is 99.3 cm³/mol. The van der Waals surface area contributed by atoms with Gasteiger partial charge in [0.25, 0.3) is 0 Å². The van der Waals surface area contributed by atoms with Crippen LogP contribution in [-0.4, -0.2) is 28.6 Å². The molecule has 1 aliphatic rings. The van der Waals surface area contributed by atoms with Gasteiger partial charge < -0.3 is 5.32 Å². The van der Waals surface area contributed by atoms with Gasteiger partial charge in [0.05, 0.1) is 11.4 Å². The smallest absolute Gasteiger partial charge is 0.229 e. The molecule has 126 valence electrons. The zero-order chi connectivity index (χ0) is 17.4. The fourth-order valence-corrected chi connectivity index (χ4v) is 3.45. The first-order chi connectivity index (χ1) is 12.1. The van der Waals surface area contributed by atoms with E-state index >= 15 is 0 Å². The minimum atomic E-state index is -0.401. The number of H-pyrrole nitrogens is 1. The highest BCUT2D eigenvalue weighted by molar-refractivity contribution is 9.10. The number of hydrogen-bond acceptors (Lipinski definition) is 3. The lowest BCUT2D eigenvalue weighted by Crippen LogP contribution is -2.28. The highest BCUT2D eigenvalue weighted by Crippen LogP contribution is 2.30. The van der Waals surface area contributed by atoms with E-state index in [9.17, 15) is 9.59 Å². The van der Waals surface area contributed by atoms with Gasteiger partial charge in [-0.3, -0.25) is 19.6 Å². The van der Waals surface area contributed by atoms with Crippen LogP contribution in [0.2, 0.25) is 0 Å². The number of amides is 2. The summed E-state index contributed by atoms with van der Waals surface area (Å²) in [5, 5.41) is 10.9. The van der Waals surface area contributed by atoms with Gasteiger partial charge in [0.1, 0.15) is 0 Å². The lowest BCUT2D eigenvalue weighted by molar-refractivity contribution is -0.122. The van der Waals surface area contributed by atoms with Crippen molar-refractivity contribution in [3.63, 3.8) is 0 Å². The third-order valence-electron chi connectivity index (χ3n) is 4.29. The summed E-state index contributed by atoms with van der Waals surface area (Å²) in [5.74, 6) is -0.0688. The molecule has 3 aromatic rings. The number of para-hydroxylation sites is 1. The number of hydrogen-bond donors (Lipinski definition) is 2. The summed E-state index contributed by atoms with van der Waals surface area (Å²) < 4.78 is 0.886. The van der Waals surface area contributed by atoms with Crippen molar-refractivity contribution < 1.29 is 9.59 Å². The maximum atomic E-state index is 12.5. The molecule has 0 unspecified atom stereocenters. The first-order valence-corrected chi connectivity index (χ1v) is 8.71. The Morgan fingerprint density at radius 2 is 2.08 bits per heavy atom. The Balaban J connectivity index is 1.53. The molecule has 1 atom stereocenters. The lowest BCUT2D eigenvalue weighted by atomic mass is 10.1. The molecule has 4 rings (SSSR count). The van der Waals surface area contributed by atoms with E-state index in [4.69, 9.17) is 0 Å². The maximum Gasteiger partial charge on any atom is 0.229 e. The predicted octanol–water partition coefficient (Wildman–Crippen LogP) is 3.32. The molecule has 1 saturated heterocycles. The molecule has 0 spiro atoms. The fourth-order valence-electron chi connectivity index (χ4n) is 3.05. The molecular formula is C18H15BrN4O2. The summed E-state index contributed by atoms with van der Waals surface area (Å²) in [5.41, 5.74) is 1.57. The summed E-state index contributed by atoms with van der Waals surface area (Å²) in [7, 11) is 0. The number of carbonyl (C=O) groups is 2. The van der Waals surface area contributed by atoms with Gasteiger partial charge >= 0.3 is 0 Å². The summed E-state index contributed by atoms with van der Waals surface area (Å²) in [6.07, 6.45) is 0.182. The minimum absolute atomic E-state index is 0.0911. The lowest BCUT2D eigenvalue weighted by Gasteiger charge is -2.14. The first-order valence-electron chi connectivity index (χ1n) is 7.92. The number of halogens is 1. The number of nitrogens with zero attached hydrogens (tertiary/aromatic N) is 2. The second-order valence-electron chi connectivity index (χ2n) is 6.00. The molecule has 25 heavy (non-hydrogen) atoms. The van der Waals surface area contributed by atoms with Crippen LogP contribution >= 0.6 is 15.9 Å². The van der Waals surface area contributed by atoms with Crippen molar-refractivity contribution in [2.45, 2.75) is 6.42 Å². The number of rotatable bonds is 3. The SMILES string of the molecule is O=C(Nc1cccc(Br)c1)[C@@H]1CC(=O)N(c2n[nH]c3ccccc23)C1. The number of anilines is 2. The van der Waals surface area contributed by atoms with Crippen molar-refractivity contribution in [3.8, 4) is 0 Å². The molecule has 0 bridgehead atoms. The van der Waals surface area contributed by atoms with Crippen molar-refractivity contribution in [1.29, 1.82) is 0 Å². The first kappa shape index (κ1) is 15.8. The zero-order valence-corrected chi connectivity index (χ0v) is 14.8. The fraction of sp³-hybridized carbons (Fsp3) is 0.167. The molecule has 0 radical (unpaired) electrons. The summed E-state index contributed by atoms with van der Waals surface area (Å²) in [6, 6.07) is 15.0. The molecule has 7 heteroatoms. The molecule has 0 aliphatic carbocycles. The van der Waals surface area contributed by atoms with E-state index < -0.39 is 5.92 Å². The normalized spacial score (nSPS) is 17.2. The van der Waals surface area contributed by atoms with Crippen molar-refractivity contribution in [2.24, 2.45) is 5.92 Å². The molecule has 2 amide bonds. The molecule has 1 fully saturated rings. The van der Waals surface area contributed by atoms with Gasteiger partial charge in [0, 0.05) is 28.5 Å². The molecule has 2 aromatic carbocycles. The third-order valence-corrected chi connectivity index (χ3v) is 4.79. The van der Waals surface area contributed by atoms with Crippen molar-refractivity contribution in [1.82, 2.24) is 10.2 Å². The quantitative estimate of drug-likeness (QED) is 0.710. The molecule has 2 N–H and O–H groups in total. The van der Waals surface area contributed by atoms with Crippen LogP contribution in [0.15, 0.2) is 53.0 Å². The highest BCUT2D eigenvalue weighted by Gasteiger charge is 2.36. The van der Waals surface area contributed by atoms with Gasteiger partial charge in [0.15, 0.2) is 5.82 Å². The number of nitrogens with one attached hydrogen (secondary N) is 2. The van der Waals surface area contributed by atoms with E-state index in [-0.39, 0.29) is 18.2 Å². The molecular weight excluding hydrogens is 384 g/mol. The largest absolute Gasteiger partial charge is 0.326 e. The molecule has 1 aromatic heterocycles. The number of benzene rings is 2. The number of aromatic nitrogens is 2. The van der Waals surface area contributed by atoms with Gasteiger partial charge in [-0.05, 0) is 30.3 Å². The second kappa shape index (κ2) is 6.33. The van der Waals surface area contributed by atoms with E-state index in [1.54, 1.807) is 4.90 Å². The number of fused-ring (bicyclic) bond motifs is 1. The average Bonchev–Trinajstić information content (AvgIpc) is 3.18. The molecule has 0 saturated carbocycles. The standard InChI is InChI=1S/C18H15BrN4O2/c19-12-4-3-5-13(9-12)20-18(25)11-8-16(24)23(10-11)17-14-6-1-2-7-15(14)21-22-17/h1-7,9,11H,8,10H2,(H,20,25)(H,21,22)/t11-/m1/s1. The third kappa shape index (κ3) is 3.02. The van der Waals surface area contributed by atoms with Crippen LogP contribution in [0.4, 0.5) is 11.5 Å². The van der Waals surface area contributed by atoms with E-state index in [1.807, 2.05) is 48.5 Å². The van der Waals surface area contributed by atoms with Crippen LogP contribution < -0.4 is 10.2 Å². The van der Waals surface area contributed by atoms with Crippen LogP contribution in [0.1, 0.15) is 6.42 Å². The van der Waals surface area contributed by atoms with Crippen molar-refractivity contribution in [3.05, 3.63) is 53.0 Å². The number of aromatic amines is 1. The topological polar surface area (TPSA) is 78.1 Å². The zero-order valence-electron chi connectivity index (χ0n) is 13.2. The van der Waals surface area contributed by atoms with Crippen LogP contribution in [0.5, 0.6) is 0 Å². The van der Waals surface area contributed by atoms with E-state index in [2.05, 4.69) is 31.4 Å². The van der Waals surface area contributed by atoms with Crippen LogP contribution in [0, 0.1) is 5.92 Å². The summed E-state index contributed by atoms with van der Waals surface area (Å²) in [4.78, 5) is 26.5. The monoisotopic (exact) mass is 398 g/mol. The Labute approximate surface area is 152 Å². The summed E-state index contributed by atoms with van der Waals surface area (Å²) in [6.45, 7) is 0.327. The molecule has 6 nitrogen and oxygen atoms in total. The Morgan fingerprint density at radius 3 is 2.92 bits per heavy atom.